The summed E-state index contributed by atoms with van der Waals surface area (Å²) in [5.74, 6) is 0.410. The van der Waals surface area contributed by atoms with Crippen molar-refractivity contribution in [1.29, 1.82) is 0 Å². The zero-order valence-corrected chi connectivity index (χ0v) is 22.4. The largest absolute Gasteiger partial charge is 0.444 e. The van der Waals surface area contributed by atoms with Crippen LogP contribution < -0.4 is 0 Å². The number of likely N-dealkylation sites (tertiary alicyclic amines) is 2. The van der Waals surface area contributed by atoms with Gasteiger partial charge in [0.2, 0.25) is 0 Å². The Morgan fingerprint density at radius 2 is 1.43 bits per heavy atom. The number of alkyl halides is 3. The maximum absolute atomic E-state index is 13.2. The number of carbonyl (C=O) groups is 1. The maximum atomic E-state index is 13.2. The van der Waals surface area contributed by atoms with Gasteiger partial charge < -0.3 is 9.64 Å². The van der Waals surface area contributed by atoms with E-state index in [1.807, 2.05) is 43.9 Å². The molecule has 2 aliphatic rings. The fourth-order valence-corrected chi connectivity index (χ4v) is 5.86. The molecule has 0 saturated carbocycles. The summed E-state index contributed by atoms with van der Waals surface area (Å²) in [5.41, 5.74) is 1.01. The van der Waals surface area contributed by atoms with Gasteiger partial charge in [0.05, 0.1) is 5.56 Å². The molecule has 4 nitrogen and oxygen atoms in total. The molecule has 0 N–H and O–H groups in total. The number of amides is 1. The molecule has 7 heteroatoms. The van der Waals surface area contributed by atoms with Crippen molar-refractivity contribution in [2.75, 3.05) is 26.2 Å². The molecule has 1 unspecified atom stereocenters. The van der Waals surface area contributed by atoms with Crippen LogP contribution in [0.2, 0.25) is 0 Å². The van der Waals surface area contributed by atoms with E-state index in [-0.39, 0.29) is 17.6 Å². The second-order valence-corrected chi connectivity index (χ2v) is 11.8. The zero-order valence-electron chi connectivity index (χ0n) is 22.4. The summed E-state index contributed by atoms with van der Waals surface area (Å²) in [6.45, 7) is 11.2. The Labute approximate surface area is 218 Å². The topological polar surface area (TPSA) is 32.8 Å². The number of rotatable bonds is 4. The molecular formula is C30H39F3N2O2. The summed E-state index contributed by atoms with van der Waals surface area (Å²) in [6.07, 6.45) is -0.815. The van der Waals surface area contributed by atoms with E-state index in [1.165, 1.54) is 12.1 Å². The highest BCUT2D eigenvalue weighted by atomic mass is 19.4. The highest BCUT2D eigenvalue weighted by Gasteiger charge is 2.40. The lowest BCUT2D eigenvalue weighted by atomic mass is 9.75. The van der Waals surface area contributed by atoms with Gasteiger partial charge in [0.1, 0.15) is 5.60 Å². The van der Waals surface area contributed by atoms with Gasteiger partial charge in [-0.3, -0.25) is 4.90 Å². The van der Waals surface area contributed by atoms with Gasteiger partial charge in [0.15, 0.2) is 0 Å². The van der Waals surface area contributed by atoms with Gasteiger partial charge in [-0.1, -0.05) is 42.5 Å². The lowest BCUT2D eigenvalue weighted by Gasteiger charge is -2.50. The maximum Gasteiger partial charge on any atom is 0.416 e. The van der Waals surface area contributed by atoms with Crippen molar-refractivity contribution in [3.8, 4) is 0 Å². The van der Waals surface area contributed by atoms with Crippen molar-refractivity contribution < 1.29 is 22.7 Å². The monoisotopic (exact) mass is 516 g/mol. The fourth-order valence-electron chi connectivity index (χ4n) is 5.86. The number of halogens is 3. The molecule has 0 bridgehead atoms. The van der Waals surface area contributed by atoms with Crippen LogP contribution in [0.4, 0.5) is 18.0 Å². The first-order valence-electron chi connectivity index (χ1n) is 13.3. The number of hydrogen-bond donors (Lipinski definition) is 0. The molecule has 4 rings (SSSR count). The number of benzene rings is 2. The number of piperidine rings is 2. The third-order valence-electron chi connectivity index (χ3n) is 8.02. The Kier molecular flexibility index (Phi) is 7.93. The molecule has 2 aromatic carbocycles. The van der Waals surface area contributed by atoms with Crippen molar-refractivity contribution in [1.82, 2.24) is 9.80 Å². The highest BCUT2D eigenvalue weighted by molar-refractivity contribution is 5.68. The van der Waals surface area contributed by atoms with Crippen LogP contribution in [0, 0.1) is 5.92 Å². The van der Waals surface area contributed by atoms with Gasteiger partial charge in [-0.25, -0.2) is 4.79 Å². The first-order chi connectivity index (χ1) is 17.4. The van der Waals surface area contributed by atoms with Crippen molar-refractivity contribution in [2.45, 2.75) is 76.6 Å². The Balaban J connectivity index is 1.42. The average molecular weight is 517 g/mol. The van der Waals surface area contributed by atoms with E-state index in [9.17, 15) is 18.0 Å². The minimum absolute atomic E-state index is 0.0279. The van der Waals surface area contributed by atoms with Gasteiger partial charge in [-0.15, -0.1) is 0 Å². The van der Waals surface area contributed by atoms with Crippen LogP contribution in [-0.4, -0.2) is 53.2 Å². The van der Waals surface area contributed by atoms with Crippen LogP contribution >= 0.6 is 0 Å². The molecule has 37 heavy (non-hydrogen) atoms. The average Bonchev–Trinajstić information content (AvgIpc) is 2.84. The molecule has 0 aromatic heterocycles. The summed E-state index contributed by atoms with van der Waals surface area (Å²) in [6, 6.07) is 15.9. The molecule has 2 aromatic rings. The van der Waals surface area contributed by atoms with E-state index >= 15 is 0 Å². The van der Waals surface area contributed by atoms with Gasteiger partial charge in [-0.2, -0.15) is 13.2 Å². The Morgan fingerprint density at radius 3 is 1.95 bits per heavy atom. The molecule has 1 amide bonds. The number of nitrogens with zero attached hydrogens (tertiary/aromatic N) is 2. The molecule has 2 heterocycles. The Hall–Kier alpha value is -2.54. The Bertz CT molecular complexity index is 1030. The zero-order chi connectivity index (χ0) is 26.8. The van der Waals surface area contributed by atoms with Crippen molar-refractivity contribution in [2.24, 2.45) is 5.92 Å². The first-order valence-corrected chi connectivity index (χ1v) is 13.3. The van der Waals surface area contributed by atoms with Crippen LogP contribution in [0.15, 0.2) is 54.6 Å². The lowest BCUT2D eigenvalue weighted by Crippen LogP contribution is -2.57. The number of carbonyl (C=O) groups excluding carboxylic acids is 1. The third-order valence-corrected chi connectivity index (χ3v) is 8.02. The van der Waals surface area contributed by atoms with Crippen molar-refractivity contribution in [3.05, 3.63) is 71.3 Å². The second-order valence-electron chi connectivity index (χ2n) is 11.8. The summed E-state index contributed by atoms with van der Waals surface area (Å²) < 4.78 is 45.0. The molecule has 2 aliphatic heterocycles. The molecule has 202 valence electrons. The van der Waals surface area contributed by atoms with Crippen LogP contribution in [0.25, 0.3) is 0 Å². The number of hydrogen-bond acceptors (Lipinski definition) is 3. The molecule has 0 aliphatic carbocycles. The first kappa shape index (κ1) is 27.5. The van der Waals surface area contributed by atoms with Crippen LogP contribution in [0.5, 0.6) is 0 Å². The standard InChI is InChI=1S/C30H39F3N2O2/c1-28(2,3)37-27(36)34-20-16-29(4,17-21-34)35-18-14-24(15-19-35)26(22-8-6-5-7-9-22)23-10-12-25(13-11-23)30(31,32)33/h5-13,24,26H,14-21H2,1-4H3. The van der Waals surface area contributed by atoms with E-state index in [0.717, 1.165) is 49.9 Å². The van der Waals surface area contributed by atoms with E-state index in [4.69, 9.17) is 4.74 Å². The minimum Gasteiger partial charge on any atom is -0.444 e. The molecule has 2 saturated heterocycles. The van der Waals surface area contributed by atoms with E-state index in [0.29, 0.717) is 19.0 Å². The summed E-state index contributed by atoms with van der Waals surface area (Å²) >= 11 is 0. The highest BCUT2D eigenvalue weighted by Crippen LogP contribution is 2.41. The summed E-state index contributed by atoms with van der Waals surface area (Å²) in [4.78, 5) is 16.9. The quantitative estimate of drug-likeness (QED) is 0.426. The number of ether oxygens (including phenoxy) is 1. The predicted molar refractivity (Wildman–Crippen MR) is 139 cm³/mol. The molecule has 1 atom stereocenters. The van der Waals surface area contributed by atoms with Gasteiger partial charge in [0.25, 0.3) is 0 Å². The van der Waals surface area contributed by atoms with Gasteiger partial charge in [-0.05, 0) is 95.6 Å². The third kappa shape index (κ3) is 6.67. The second kappa shape index (κ2) is 10.7. The van der Waals surface area contributed by atoms with E-state index in [1.54, 1.807) is 12.1 Å². The molecule has 0 radical (unpaired) electrons. The summed E-state index contributed by atoms with van der Waals surface area (Å²) in [7, 11) is 0. The van der Waals surface area contributed by atoms with Crippen LogP contribution in [0.3, 0.4) is 0 Å². The van der Waals surface area contributed by atoms with E-state index < -0.39 is 17.3 Å². The molecule has 0 spiro atoms. The Morgan fingerprint density at radius 1 is 0.892 bits per heavy atom. The van der Waals surface area contributed by atoms with Crippen molar-refractivity contribution in [3.63, 3.8) is 0 Å². The normalized spacial score (nSPS) is 20.5. The minimum atomic E-state index is -4.33. The van der Waals surface area contributed by atoms with Gasteiger partial charge in [0, 0.05) is 24.5 Å². The lowest BCUT2D eigenvalue weighted by molar-refractivity contribution is -0.137. The van der Waals surface area contributed by atoms with Crippen LogP contribution in [0.1, 0.15) is 76.0 Å². The summed E-state index contributed by atoms with van der Waals surface area (Å²) in [5, 5.41) is 0. The van der Waals surface area contributed by atoms with Crippen molar-refractivity contribution >= 4 is 6.09 Å². The van der Waals surface area contributed by atoms with E-state index in [2.05, 4.69) is 24.0 Å². The smallest absolute Gasteiger partial charge is 0.416 e. The van der Waals surface area contributed by atoms with Crippen LogP contribution in [-0.2, 0) is 10.9 Å². The molecule has 2 fully saturated rings. The SMILES string of the molecule is CC(C)(C)OC(=O)N1CCC(C)(N2CCC(C(c3ccccc3)c3ccc(C(F)(F)F)cc3)CC2)CC1. The van der Waals surface area contributed by atoms with Gasteiger partial charge >= 0.3 is 12.3 Å². The fraction of sp³-hybridized carbons (Fsp3) is 0.567. The molecular weight excluding hydrogens is 477 g/mol. The predicted octanol–water partition coefficient (Wildman–Crippen LogP) is 7.34.